The quantitative estimate of drug-likeness (QED) is 0.849. The molecule has 5 nitrogen and oxygen atoms in total. The third-order valence-electron chi connectivity index (χ3n) is 3.76. The zero-order chi connectivity index (χ0) is 14.5. The van der Waals surface area contributed by atoms with Crippen LogP contribution >= 0.6 is 0 Å². The van der Waals surface area contributed by atoms with E-state index in [0.29, 0.717) is 18.7 Å². The van der Waals surface area contributed by atoms with E-state index in [9.17, 15) is 9.59 Å². The molecule has 0 aromatic carbocycles. The summed E-state index contributed by atoms with van der Waals surface area (Å²) in [4.78, 5) is 29.7. The standard InChI is InChI=1S/C15H21N3O2/c1-3-14(19)13-7-6-12(9-17-13)18-8-4-5-11(10-18)15(20)16-2/h6-7,9,11H,3-5,8,10H2,1-2H3,(H,16,20). The fourth-order valence-corrected chi connectivity index (χ4v) is 2.55. The second kappa shape index (κ2) is 6.50. The molecule has 5 heteroatoms. The molecule has 1 aromatic rings. The van der Waals surface area contributed by atoms with E-state index in [0.717, 1.165) is 25.1 Å². The Bertz CT molecular complexity index is 484. The van der Waals surface area contributed by atoms with Gasteiger partial charge < -0.3 is 10.2 Å². The summed E-state index contributed by atoms with van der Waals surface area (Å²) in [6, 6.07) is 3.69. The van der Waals surface area contributed by atoms with Crippen molar-refractivity contribution in [2.75, 3.05) is 25.0 Å². The Morgan fingerprint density at radius 1 is 1.45 bits per heavy atom. The molecular weight excluding hydrogens is 254 g/mol. The highest BCUT2D eigenvalue weighted by Gasteiger charge is 2.25. The van der Waals surface area contributed by atoms with Crippen molar-refractivity contribution in [3.63, 3.8) is 0 Å². The van der Waals surface area contributed by atoms with Gasteiger partial charge in [-0.2, -0.15) is 0 Å². The summed E-state index contributed by atoms with van der Waals surface area (Å²) in [5.41, 5.74) is 1.49. The van der Waals surface area contributed by atoms with Crippen LogP contribution in [0.15, 0.2) is 18.3 Å². The van der Waals surface area contributed by atoms with Gasteiger partial charge in [0.2, 0.25) is 5.91 Å². The van der Waals surface area contributed by atoms with Gasteiger partial charge in [0.05, 0.1) is 17.8 Å². The van der Waals surface area contributed by atoms with Crippen molar-refractivity contribution in [2.24, 2.45) is 5.92 Å². The number of ketones is 1. The number of hydrogen-bond acceptors (Lipinski definition) is 4. The molecule has 2 heterocycles. The van der Waals surface area contributed by atoms with E-state index in [1.807, 2.05) is 13.0 Å². The van der Waals surface area contributed by atoms with E-state index < -0.39 is 0 Å². The van der Waals surface area contributed by atoms with E-state index in [2.05, 4.69) is 15.2 Å². The Labute approximate surface area is 119 Å². The predicted molar refractivity (Wildman–Crippen MR) is 77.9 cm³/mol. The van der Waals surface area contributed by atoms with Gasteiger partial charge in [-0.25, -0.2) is 0 Å². The largest absolute Gasteiger partial charge is 0.369 e. The van der Waals surface area contributed by atoms with Gasteiger partial charge in [-0.15, -0.1) is 0 Å². The number of anilines is 1. The highest BCUT2D eigenvalue weighted by Crippen LogP contribution is 2.23. The minimum absolute atomic E-state index is 0.0331. The first-order valence-electron chi connectivity index (χ1n) is 7.11. The maximum atomic E-state index is 11.7. The molecule has 2 rings (SSSR count). The van der Waals surface area contributed by atoms with Crippen LogP contribution < -0.4 is 10.2 Å². The predicted octanol–water partition coefficient (Wildman–Crippen LogP) is 1.64. The zero-order valence-corrected chi connectivity index (χ0v) is 12.1. The molecule has 1 atom stereocenters. The maximum Gasteiger partial charge on any atom is 0.224 e. The number of piperidine rings is 1. The van der Waals surface area contributed by atoms with E-state index in [1.165, 1.54) is 0 Å². The van der Waals surface area contributed by atoms with Crippen molar-refractivity contribution < 1.29 is 9.59 Å². The van der Waals surface area contributed by atoms with Gasteiger partial charge in [-0.3, -0.25) is 14.6 Å². The van der Waals surface area contributed by atoms with Crippen molar-refractivity contribution in [1.82, 2.24) is 10.3 Å². The average molecular weight is 275 g/mol. The molecule has 0 radical (unpaired) electrons. The normalized spacial score (nSPS) is 18.7. The summed E-state index contributed by atoms with van der Waals surface area (Å²) in [5, 5.41) is 2.71. The van der Waals surface area contributed by atoms with Crippen LogP contribution in [-0.2, 0) is 4.79 Å². The molecule has 0 aliphatic carbocycles. The molecule has 1 N–H and O–H groups in total. The molecule has 20 heavy (non-hydrogen) atoms. The van der Waals surface area contributed by atoms with Crippen molar-refractivity contribution >= 4 is 17.4 Å². The van der Waals surface area contributed by atoms with E-state index in [-0.39, 0.29) is 17.6 Å². The van der Waals surface area contributed by atoms with E-state index in [4.69, 9.17) is 0 Å². The second-order valence-electron chi connectivity index (χ2n) is 5.08. The van der Waals surface area contributed by atoms with Crippen molar-refractivity contribution in [3.8, 4) is 0 Å². The number of hydrogen-bond donors (Lipinski definition) is 1. The third kappa shape index (κ3) is 3.15. The molecule has 1 aliphatic rings. The second-order valence-corrected chi connectivity index (χ2v) is 5.08. The van der Waals surface area contributed by atoms with Gasteiger partial charge in [0, 0.05) is 26.6 Å². The van der Waals surface area contributed by atoms with Crippen LogP contribution in [0, 0.1) is 5.92 Å². The molecule has 0 spiro atoms. The van der Waals surface area contributed by atoms with E-state index in [1.54, 1.807) is 19.3 Å². The van der Waals surface area contributed by atoms with Crippen molar-refractivity contribution in [3.05, 3.63) is 24.0 Å². The van der Waals surface area contributed by atoms with Gasteiger partial charge in [-0.05, 0) is 25.0 Å². The summed E-state index contributed by atoms with van der Waals surface area (Å²) in [5.74, 6) is 0.185. The smallest absolute Gasteiger partial charge is 0.224 e. The fourth-order valence-electron chi connectivity index (χ4n) is 2.55. The first-order chi connectivity index (χ1) is 9.65. The van der Waals surface area contributed by atoms with E-state index >= 15 is 0 Å². The maximum absolute atomic E-state index is 11.7. The summed E-state index contributed by atoms with van der Waals surface area (Å²) in [7, 11) is 1.67. The number of nitrogens with zero attached hydrogens (tertiary/aromatic N) is 2. The first kappa shape index (κ1) is 14.5. The number of rotatable bonds is 4. The fraction of sp³-hybridized carbons (Fsp3) is 0.533. The Morgan fingerprint density at radius 3 is 2.85 bits per heavy atom. The number of carbonyl (C=O) groups excluding carboxylic acids is 2. The molecule has 1 aliphatic heterocycles. The lowest BCUT2D eigenvalue weighted by Crippen LogP contribution is -2.42. The van der Waals surface area contributed by atoms with Crippen LogP contribution in [0.1, 0.15) is 36.7 Å². The summed E-state index contributed by atoms with van der Waals surface area (Å²) in [6.07, 6.45) is 4.12. The molecule has 108 valence electrons. The molecule has 1 aromatic heterocycles. The first-order valence-corrected chi connectivity index (χ1v) is 7.11. The van der Waals surface area contributed by atoms with Crippen molar-refractivity contribution in [2.45, 2.75) is 26.2 Å². The SMILES string of the molecule is CCC(=O)c1ccc(N2CCCC(C(=O)NC)C2)cn1. The molecule has 0 bridgehead atoms. The molecule has 1 saturated heterocycles. The Balaban J connectivity index is 2.07. The summed E-state index contributed by atoms with van der Waals surface area (Å²) in [6.45, 7) is 3.47. The van der Waals surface area contributed by atoms with Gasteiger partial charge in [0.1, 0.15) is 5.69 Å². The molecular formula is C15H21N3O2. The molecule has 1 fully saturated rings. The molecule has 1 amide bonds. The number of pyridine rings is 1. The number of carbonyl (C=O) groups is 2. The number of amides is 1. The Hall–Kier alpha value is -1.91. The van der Waals surface area contributed by atoms with Crippen LogP contribution in [-0.4, -0.2) is 36.8 Å². The molecule has 0 saturated carbocycles. The highest BCUT2D eigenvalue weighted by atomic mass is 16.1. The Morgan fingerprint density at radius 2 is 2.25 bits per heavy atom. The Kier molecular flexibility index (Phi) is 4.71. The van der Waals surface area contributed by atoms with Crippen LogP contribution in [0.25, 0.3) is 0 Å². The summed E-state index contributed by atoms with van der Waals surface area (Å²) < 4.78 is 0. The average Bonchev–Trinajstić information content (AvgIpc) is 2.53. The van der Waals surface area contributed by atoms with Crippen molar-refractivity contribution in [1.29, 1.82) is 0 Å². The lowest BCUT2D eigenvalue weighted by Gasteiger charge is -2.33. The van der Waals surface area contributed by atoms with Crippen LogP contribution in [0.4, 0.5) is 5.69 Å². The highest BCUT2D eigenvalue weighted by molar-refractivity contribution is 5.94. The third-order valence-corrected chi connectivity index (χ3v) is 3.76. The topological polar surface area (TPSA) is 62.3 Å². The molecule has 1 unspecified atom stereocenters. The minimum atomic E-state index is 0.0331. The van der Waals surface area contributed by atoms with Gasteiger partial charge in [-0.1, -0.05) is 6.92 Å². The minimum Gasteiger partial charge on any atom is -0.369 e. The lowest BCUT2D eigenvalue weighted by atomic mass is 9.97. The van der Waals surface area contributed by atoms with Crippen LogP contribution in [0.2, 0.25) is 0 Å². The van der Waals surface area contributed by atoms with Gasteiger partial charge >= 0.3 is 0 Å². The monoisotopic (exact) mass is 275 g/mol. The summed E-state index contributed by atoms with van der Waals surface area (Å²) >= 11 is 0. The van der Waals surface area contributed by atoms with Crippen LogP contribution in [0.3, 0.4) is 0 Å². The number of aromatic nitrogens is 1. The lowest BCUT2D eigenvalue weighted by molar-refractivity contribution is -0.124. The van der Waals surface area contributed by atoms with Gasteiger partial charge in [0.15, 0.2) is 5.78 Å². The zero-order valence-electron chi connectivity index (χ0n) is 12.1. The van der Waals surface area contributed by atoms with Crippen LogP contribution in [0.5, 0.6) is 0 Å². The number of Topliss-reactive ketones (excluding diaryl/α,β-unsaturated/α-hetero) is 1. The number of nitrogens with one attached hydrogen (secondary N) is 1. The van der Waals surface area contributed by atoms with Gasteiger partial charge in [0.25, 0.3) is 0 Å².